The number of anilines is 1. The first kappa shape index (κ1) is 23.9. The molecule has 36 heavy (non-hydrogen) atoms. The van der Waals surface area contributed by atoms with E-state index in [1.807, 2.05) is 23.4 Å². The van der Waals surface area contributed by atoms with Crippen molar-refractivity contribution in [2.24, 2.45) is 0 Å². The van der Waals surface area contributed by atoms with Crippen molar-refractivity contribution in [1.29, 1.82) is 0 Å². The molecule has 0 bridgehead atoms. The number of rotatable bonds is 6. The van der Waals surface area contributed by atoms with Crippen LogP contribution >= 0.6 is 0 Å². The molecule has 1 N–H and O–H groups in total. The number of aromatic nitrogens is 3. The number of amides is 1. The minimum absolute atomic E-state index is 0. The van der Waals surface area contributed by atoms with E-state index in [1.54, 1.807) is 19.4 Å². The molecule has 2 aliphatic rings. The average molecular weight is 486 g/mol. The van der Waals surface area contributed by atoms with Crippen LogP contribution < -0.4 is 9.64 Å². The Morgan fingerprint density at radius 3 is 2.72 bits per heavy atom. The molecule has 7 heteroatoms. The molecule has 1 unspecified atom stereocenters. The Hall–Kier alpha value is -3.87. The van der Waals surface area contributed by atoms with Crippen molar-refractivity contribution in [1.82, 2.24) is 20.1 Å². The molecule has 0 radical (unpaired) electrons. The smallest absolute Gasteiger partial charge is 0.232 e. The van der Waals surface area contributed by atoms with Crippen LogP contribution in [0.25, 0.3) is 22.0 Å². The number of allylic oxidation sites excluding steroid dienone is 3. The molecule has 0 spiro atoms. The molecule has 3 aromatic rings. The van der Waals surface area contributed by atoms with Gasteiger partial charge in [0.1, 0.15) is 5.75 Å². The first-order valence-electron chi connectivity index (χ1n) is 12.6. The third-order valence-electron chi connectivity index (χ3n) is 7.36. The minimum Gasteiger partial charge on any atom is -0.496 e. The fourth-order valence-corrected chi connectivity index (χ4v) is 5.37. The SMILES string of the molecule is C=C/C(=C\N(C)C1CCC=CCC1)N1C(=O)CC(C)c2cnc3cc(OC)c(-c4cn[nH]c4)cc3c21.[HH]. The molecule has 0 saturated carbocycles. The van der Waals surface area contributed by atoms with Gasteiger partial charge >= 0.3 is 0 Å². The topological polar surface area (TPSA) is 74.3 Å². The van der Waals surface area contributed by atoms with Gasteiger partial charge in [0.25, 0.3) is 0 Å². The van der Waals surface area contributed by atoms with E-state index in [1.165, 1.54) is 0 Å². The second-order valence-corrected chi connectivity index (χ2v) is 9.66. The number of nitrogens with one attached hydrogen (secondary N) is 1. The van der Waals surface area contributed by atoms with Gasteiger partial charge in [-0.05, 0) is 49.3 Å². The summed E-state index contributed by atoms with van der Waals surface area (Å²) in [5.74, 6) is 0.835. The van der Waals surface area contributed by atoms with Crippen LogP contribution in [-0.2, 0) is 4.79 Å². The van der Waals surface area contributed by atoms with Gasteiger partial charge in [-0.1, -0.05) is 25.7 Å². The Morgan fingerprint density at radius 2 is 2.06 bits per heavy atom. The summed E-state index contributed by atoms with van der Waals surface area (Å²) in [6.07, 6.45) is 18.7. The van der Waals surface area contributed by atoms with Crippen molar-refractivity contribution in [3.05, 3.63) is 73.0 Å². The summed E-state index contributed by atoms with van der Waals surface area (Å²) in [6, 6.07) is 4.41. The molecule has 1 aliphatic heterocycles. The van der Waals surface area contributed by atoms with E-state index < -0.39 is 0 Å². The van der Waals surface area contributed by atoms with Gasteiger partial charge in [-0.3, -0.25) is 19.8 Å². The van der Waals surface area contributed by atoms with Crippen molar-refractivity contribution in [3.63, 3.8) is 0 Å². The van der Waals surface area contributed by atoms with Gasteiger partial charge < -0.3 is 9.64 Å². The van der Waals surface area contributed by atoms with E-state index in [9.17, 15) is 4.79 Å². The molecule has 0 saturated heterocycles. The maximum atomic E-state index is 13.6. The number of hydrogen-bond acceptors (Lipinski definition) is 5. The van der Waals surface area contributed by atoms with Crippen LogP contribution in [0, 0.1) is 0 Å². The first-order chi connectivity index (χ1) is 17.5. The summed E-state index contributed by atoms with van der Waals surface area (Å²) < 4.78 is 5.69. The van der Waals surface area contributed by atoms with Crippen LogP contribution in [0.5, 0.6) is 5.75 Å². The Labute approximate surface area is 213 Å². The number of methoxy groups -OCH3 is 1. The van der Waals surface area contributed by atoms with E-state index in [-0.39, 0.29) is 13.3 Å². The summed E-state index contributed by atoms with van der Waals surface area (Å²) in [4.78, 5) is 22.5. The highest BCUT2D eigenvalue weighted by atomic mass is 16.5. The van der Waals surface area contributed by atoms with E-state index in [0.29, 0.717) is 18.2 Å². The summed E-state index contributed by atoms with van der Waals surface area (Å²) in [5.41, 5.74) is 5.29. The Kier molecular flexibility index (Phi) is 6.63. The second-order valence-electron chi connectivity index (χ2n) is 9.66. The lowest BCUT2D eigenvalue weighted by Crippen LogP contribution is -2.37. The minimum atomic E-state index is 0. The number of nitrogens with zero attached hydrogens (tertiary/aromatic N) is 4. The maximum Gasteiger partial charge on any atom is 0.232 e. The van der Waals surface area contributed by atoms with Gasteiger partial charge in [0, 0.05) is 62.1 Å². The van der Waals surface area contributed by atoms with E-state index in [2.05, 4.69) is 60.1 Å². The average Bonchev–Trinajstić information content (AvgIpc) is 3.28. The van der Waals surface area contributed by atoms with Crippen LogP contribution in [0.4, 0.5) is 5.69 Å². The number of hydrogen-bond donors (Lipinski definition) is 1. The van der Waals surface area contributed by atoms with E-state index >= 15 is 0 Å². The first-order valence-corrected chi connectivity index (χ1v) is 12.6. The molecule has 0 fully saturated rings. The summed E-state index contributed by atoms with van der Waals surface area (Å²) in [5, 5.41) is 7.89. The molecular weight excluding hydrogens is 450 g/mol. The van der Waals surface area contributed by atoms with Crippen LogP contribution in [0.1, 0.15) is 51.9 Å². The molecule has 3 heterocycles. The van der Waals surface area contributed by atoms with Gasteiger partial charge in [0.2, 0.25) is 5.91 Å². The van der Waals surface area contributed by atoms with Gasteiger partial charge in [0.15, 0.2) is 0 Å². The fraction of sp³-hybridized carbons (Fsp3) is 0.345. The van der Waals surface area contributed by atoms with Crippen molar-refractivity contribution in [2.75, 3.05) is 19.1 Å². The Bertz CT molecular complexity index is 1340. The standard InChI is InChI=1S/C29H33N5O2.H2/c1-5-21(18-33(3)22-10-8-6-7-9-11-22)34-28(35)12-19(2)25-17-30-26-14-27(36-4)23(13-24(26)29(25)34)20-15-31-32-16-20;/h5-7,13-19,22H,1,8-12H2,2-4H3,(H,31,32);1H/b21-18+;. The molecule has 2 aromatic heterocycles. The Balaban J connectivity index is 0.00000320. The van der Waals surface area contributed by atoms with Gasteiger partial charge in [-0.15, -0.1) is 0 Å². The molecular formula is C29H35N5O2. The zero-order valence-electron chi connectivity index (χ0n) is 21.2. The van der Waals surface area contributed by atoms with Crippen LogP contribution in [0.3, 0.4) is 0 Å². The van der Waals surface area contributed by atoms with E-state index in [0.717, 1.165) is 64.7 Å². The second kappa shape index (κ2) is 10.0. The fourth-order valence-electron chi connectivity index (χ4n) is 5.37. The number of carbonyl (C=O) groups is 1. The summed E-state index contributed by atoms with van der Waals surface area (Å²) in [7, 11) is 3.75. The van der Waals surface area contributed by atoms with Gasteiger partial charge in [-0.25, -0.2) is 0 Å². The Morgan fingerprint density at radius 1 is 1.28 bits per heavy atom. The predicted molar refractivity (Wildman–Crippen MR) is 146 cm³/mol. The largest absolute Gasteiger partial charge is 0.496 e. The third kappa shape index (κ3) is 4.30. The van der Waals surface area contributed by atoms with Crippen molar-refractivity contribution < 1.29 is 11.0 Å². The number of pyridine rings is 1. The zero-order chi connectivity index (χ0) is 25.2. The lowest BCUT2D eigenvalue weighted by Gasteiger charge is -2.35. The highest BCUT2D eigenvalue weighted by Gasteiger charge is 2.33. The number of aromatic amines is 1. The normalized spacial score (nSPS) is 18.8. The number of ether oxygens (including phenoxy) is 1. The lowest BCUT2D eigenvalue weighted by atomic mass is 9.89. The highest BCUT2D eigenvalue weighted by molar-refractivity contribution is 6.09. The molecule has 5 rings (SSSR count). The van der Waals surface area contributed by atoms with Crippen LogP contribution in [-0.4, -0.2) is 46.2 Å². The van der Waals surface area contributed by atoms with Crippen LogP contribution in [0.15, 0.2) is 67.4 Å². The van der Waals surface area contributed by atoms with Gasteiger partial charge in [-0.2, -0.15) is 5.10 Å². The van der Waals surface area contributed by atoms with Crippen molar-refractivity contribution in [3.8, 4) is 16.9 Å². The molecule has 7 nitrogen and oxygen atoms in total. The van der Waals surface area contributed by atoms with Crippen molar-refractivity contribution in [2.45, 2.75) is 51.0 Å². The molecule has 1 atom stereocenters. The predicted octanol–water partition coefficient (Wildman–Crippen LogP) is 6.18. The highest BCUT2D eigenvalue weighted by Crippen LogP contribution is 2.44. The summed E-state index contributed by atoms with van der Waals surface area (Å²) in [6.45, 7) is 6.18. The van der Waals surface area contributed by atoms with Crippen molar-refractivity contribution >= 4 is 22.5 Å². The summed E-state index contributed by atoms with van der Waals surface area (Å²) >= 11 is 0. The van der Waals surface area contributed by atoms with Gasteiger partial charge in [0.05, 0.1) is 30.2 Å². The quantitative estimate of drug-likeness (QED) is 0.333. The molecule has 1 amide bonds. The number of H-pyrrole nitrogens is 1. The molecule has 188 valence electrons. The van der Waals surface area contributed by atoms with Crippen LogP contribution in [0.2, 0.25) is 0 Å². The monoisotopic (exact) mass is 485 g/mol. The molecule has 1 aliphatic carbocycles. The zero-order valence-corrected chi connectivity index (χ0v) is 21.2. The number of fused-ring (bicyclic) bond motifs is 3. The maximum absolute atomic E-state index is 13.6. The third-order valence-corrected chi connectivity index (χ3v) is 7.36. The lowest BCUT2D eigenvalue weighted by molar-refractivity contribution is -0.118. The molecule has 1 aromatic carbocycles. The number of benzene rings is 1. The van der Waals surface area contributed by atoms with E-state index in [4.69, 9.17) is 9.72 Å². The number of carbonyl (C=O) groups excluding carboxylic acids is 1.